The van der Waals surface area contributed by atoms with Crippen molar-refractivity contribution in [3.05, 3.63) is 164 Å². The number of Topliss-reactive ketones (excluding diaryl/α,β-unsaturated/α-hetero) is 1. The van der Waals surface area contributed by atoms with Crippen LogP contribution in [0.4, 0.5) is 5.69 Å². The molecule has 0 aliphatic heterocycles. The molecule has 4 aromatic carbocycles. The minimum Gasteiger partial charge on any atom is -0.457 e. The molecule has 2 heterocycles. The molecule has 0 aliphatic rings. The zero-order chi connectivity index (χ0) is 56.7. The van der Waals surface area contributed by atoms with Crippen LogP contribution in [-0.2, 0) is 50.4 Å². The first-order chi connectivity index (χ1) is 37.2. The van der Waals surface area contributed by atoms with Gasteiger partial charge < -0.3 is 35.4 Å². The molecule has 6 aromatic rings. The molecule has 3 atom stereocenters. The molecule has 22 heteroatoms. The maximum Gasteiger partial charge on any atom is 0.243 e. The van der Waals surface area contributed by atoms with Crippen LogP contribution in [0.15, 0.2) is 168 Å². The van der Waals surface area contributed by atoms with Crippen LogP contribution in [0.2, 0.25) is 0 Å². The third-order valence-electron chi connectivity index (χ3n) is 11.2. The van der Waals surface area contributed by atoms with Crippen molar-refractivity contribution in [2.45, 2.75) is 81.9 Å². The number of aliphatic hydroxyl groups is 1. The van der Waals surface area contributed by atoms with Gasteiger partial charge in [0.2, 0.25) is 43.7 Å². The predicted octanol–water partition coefficient (Wildman–Crippen LogP) is 5.71. The van der Waals surface area contributed by atoms with Gasteiger partial charge in [-0.2, -0.15) is 0 Å². The molecule has 6 N–H and O–H groups in total. The summed E-state index contributed by atoms with van der Waals surface area (Å²) in [4.78, 5) is 72.4. The zero-order valence-electron chi connectivity index (χ0n) is 43.9. The van der Waals surface area contributed by atoms with Crippen LogP contribution >= 0.6 is 0 Å². The SMILES string of the molecule is CC(=O)N(c1ccncc1)[C@@H](CC(C)C)C(=O)NCC(=O)CNS(=O)(=O)c1ccc(Oc2ccccc2)cc1.CC(C)C[C@H](NC(=O)Cc1ccncc1)C(=O)NCC(O)CNS(=O)(=O)c1ccc(Oc2ccccc2)cc1. The van der Waals surface area contributed by atoms with E-state index in [-0.39, 0.29) is 53.0 Å². The number of pyridine rings is 2. The highest BCUT2D eigenvalue weighted by Crippen LogP contribution is 2.25. The van der Waals surface area contributed by atoms with Crippen molar-refractivity contribution in [3.8, 4) is 23.0 Å². The van der Waals surface area contributed by atoms with E-state index in [0.29, 0.717) is 41.5 Å². The Hall–Kier alpha value is -7.89. The van der Waals surface area contributed by atoms with E-state index in [0.717, 1.165) is 5.56 Å². The molecule has 1 unspecified atom stereocenters. The van der Waals surface area contributed by atoms with E-state index >= 15 is 0 Å². The highest BCUT2D eigenvalue weighted by atomic mass is 32.2. The van der Waals surface area contributed by atoms with E-state index in [4.69, 9.17) is 9.47 Å². The van der Waals surface area contributed by atoms with Gasteiger partial charge in [0, 0.05) is 50.5 Å². The highest BCUT2D eigenvalue weighted by molar-refractivity contribution is 7.89. The lowest BCUT2D eigenvalue weighted by Crippen LogP contribution is -2.51. The van der Waals surface area contributed by atoms with E-state index in [1.54, 1.807) is 60.9 Å². The van der Waals surface area contributed by atoms with Gasteiger partial charge >= 0.3 is 0 Å². The van der Waals surface area contributed by atoms with Gasteiger partial charge in [-0.15, -0.1) is 0 Å². The molecule has 0 saturated carbocycles. The Labute approximate surface area is 455 Å². The topological polar surface area (TPSA) is 281 Å². The number of ketones is 1. The highest BCUT2D eigenvalue weighted by Gasteiger charge is 2.31. The summed E-state index contributed by atoms with van der Waals surface area (Å²) in [5, 5.41) is 18.2. The fourth-order valence-electron chi connectivity index (χ4n) is 7.45. The number of sulfonamides is 2. The zero-order valence-corrected chi connectivity index (χ0v) is 45.6. The van der Waals surface area contributed by atoms with E-state index < -0.39 is 68.9 Å². The fourth-order valence-corrected chi connectivity index (χ4v) is 9.53. The number of ether oxygens (including phenoxy) is 2. The van der Waals surface area contributed by atoms with Crippen LogP contribution in [0.3, 0.4) is 0 Å². The van der Waals surface area contributed by atoms with Gasteiger partial charge in [-0.1, -0.05) is 64.1 Å². The monoisotopic (exact) mass is 1110 g/mol. The molecule has 0 bridgehead atoms. The number of benzene rings is 4. The number of nitrogens with zero attached hydrogens (tertiary/aromatic N) is 3. The summed E-state index contributed by atoms with van der Waals surface area (Å²) in [7, 11) is -7.88. The van der Waals surface area contributed by atoms with E-state index in [9.17, 15) is 45.9 Å². The number of amides is 4. The summed E-state index contributed by atoms with van der Waals surface area (Å²) in [6.07, 6.45) is 5.91. The number of rotatable bonds is 27. The Bertz CT molecular complexity index is 3090. The largest absolute Gasteiger partial charge is 0.457 e. The molecule has 4 amide bonds. The Morgan fingerprint density at radius 1 is 0.564 bits per heavy atom. The number of carbonyl (C=O) groups is 5. The maximum atomic E-state index is 13.1. The number of nitrogens with one attached hydrogen (secondary N) is 5. The number of aliphatic hydroxyl groups excluding tert-OH is 1. The van der Waals surface area contributed by atoms with Crippen LogP contribution in [0.1, 0.15) is 53.0 Å². The Morgan fingerprint density at radius 2 is 1.04 bits per heavy atom. The molecule has 6 rings (SSSR count). The minimum atomic E-state index is -3.97. The molecule has 0 aliphatic carbocycles. The lowest BCUT2D eigenvalue weighted by atomic mass is 10.0. The summed E-state index contributed by atoms with van der Waals surface area (Å²) in [6.45, 7) is 7.65. The summed E-state index contributed by atoms with van der Waals surface area (Å²) in [5.74, 6) is 0.229. The summed E-state index contributed by atoms with van der Waals surface area (Å²) in [6, 6.07) is 34.9. The number of anilines is 1. The van der Waals surface area contributed by atoms with Crippen LogP contribution in [0.5, 0.6) is 23.0 Å². The van der Waals surface area contributed by atoms with Crippen LogP contribution in [0, 0.1) is 11.8 Å². The van der Waals surface area contributed by atoms with Gasteiger partial charge in [-0.05, 0) is 127 Å². The normalized spacial score (nSPS) is 12.5. The minimum absolute atomic E-state index is 0.00746. The van der Waals surface area contributed by atoms with E-state index in [1.165, 1.54) is 72.7 Å². The van der Waals surface area contributed by atoms with Crippen LogP contribution in [0.25, 0.3) is 0 Å². The third kappa shape index (κ3) is 20.6. The molecule has 0 radical (unpaired) electrons. The average Bonchev–Trinajstić information content (AvgIpc) is 3.41. The molecule has 0 saturated heterocycles. The van der Waals surface area contributed by atoms with Crippen molar-refractivity contribution in [1.82, 2.24) is 35.4 Å². The Balaban J connectivity index is 0.000000287. The van der Waals surface area contributed by atoms with Gasteiger partial charge in [0.15, 0.2) is 5.78 Å². The second-order valence-corrected chi connectivity index (χ2v) is 22.2. The first kappa shape index (κ1) is 61.0. The molecule has 2 aromatic heterocycles. The van der Waals surface area contributed by atoms with Crippen molar-refractivity contribution < 1.29 is 55.4 Å². The van der Waals surface area contributed by atoms with Gasteiger partial charge in [0.05, 0.1) is 35.4 Å². The third-order valence-corrected chi connectivity index (χ3v) is 14.1. The van der Waals surface area contributed by atoms with Crippen LogP contribution in [-0.4, -0.2) is 106 Å². The lowest BCUT2D eigenvalue weighted by Gasteiger charge is -2.31. The smallest absolute Gasteiger partial charge is 0.243 e. The Kier molecular flexibility index (Phi) is 23.6. The van der Waals surface area contributed by atoms with E-state index in [2.05, 4.69) is 35.4 Å². The van der Waals surface area contributed by atoms with Crippen LogP contribution < -0.4 is 39.8 Å². The summed E-state index contributed by atoms with van der Waals surface area (Å²) < 4.78 is 66.5. The number of para-hydroxylation sites is 2. The standard InChI is InChI=1S/C28H32N4O6S.C28H34N4O6S/c1-20(2)17-27(32(21(3)33)22-13-15-29-16-14-22)28(35)30-18-23(34)19-31-39(36,37)26-11-9-25(10-12-26)38-24-7-5-4-6-8-24;1-20(2)16-26(32-27(34)17-21-12-14-29-15-13-21)28(35)30-18-22(33)19-31-39(36,37)25-10-8-24(9-11-25)38-23-6-4-3-5-7-23/h4-16,20,27,31H,17-19H2,1-3H3,(H,30,35);3-15,20,22,26,31,33H,16-19H2,1-2H3,(H,30,35)(H,32,34)/t27-;22?,26-/m00/s1. The fraction of sp³-hybridized carbons (Fsp3) is 0.304. The lowest BCUT2D eigenvalue weighted by molar-refractivity contribution is -0.129. The molecular weight excluding hydrogens is 1040 g/mol. The van der Waals surface area contributed by atoms with Crippen molar-refractivity contribution in [3.63, 3.8) is 0 Å². The van der Waals surface area contributed by atoms with Crippen molar-refractivity contribution in [1.29, 1.82) is 0 Å². The first-order valence-corrected chi connectivity index (χ1v) is 27.9. The molecule has 414 valence electrons. The van der Waals surface area contributed by atoms with Crippen molar-refractivity contribution in [2.75, 3.05) is 31.1 Å². The van der Waals surface area contributed by atoms with Crippen molar-refractivity contribution >= 4 is 55.1 Å². The quantitative estimate of drug-likeness (QED) is 0.0361. The molecule has 78 heavy (non-hydrogen) atoms. The maximum absolute atomic E-state index is 13.1. The molecule has 0 spiro atoms. The average molecular weight is 1110 g/mol. The number of hydrogen-bond donors (Lipinski definition) is 6. The number of carbonyl (C=O) groups excluding carboxylic acids is 5. The molecule has 20 nitrogen and oxygen atoms in total. The van der Waals surface area contributed by atoms with Gasteiger partial charge in [0.25, 0.3) is 0 Å². The molecular formula is C56H66N8O12S2. The number of hydrogen-bond acceptors (Lipinski definition) is 14. The first-order valence-electron chi connectivity index (χ1n) is 25.0. The van der Waals surface area contributed by atoms with E-state index in [1.807, 2.05) is 64.1 Å². The predicted molar refractivity (Wildman–Crippen MR) is 293 cm³/mol. The Morgan fingerprint density at radius 3 is 1.53 bits per heavy atom. The second kappa shape index (κ2) is 30.2. The van der Waals surface area contributed by atoms with Gasteiger partial charge in [0.1, 0.15) is 35.1 Å². The molecule has 0 fully saturated rings. The number of aromatic nitrogens is 2. The summed E-state index contributed by atoms with van der Waals surface area (Å²) in [5.41, 5.74) is 1.28. The second-order valence-electron chi connectivity index (χ2n) is 18.6. The van der Waals surface area contributed by atoms with Crippen molar-refractivity contribution in [2.24, 2.45) is 11.8 Å². The van der Waals surface area contributed by atoms with Gasteiger partial charge in [-0.3, -0.25) is 33.9 Å². The summed E-state index contributed by atoms with van der Waals surface area (Å²) >= 11 is 0. The van der Waals surface area contributed by atoms with Gasteiger partial charge in [-0.25, -0.2) is 26.3 Å².